The van der Waals surface area contributed by atoms with Crippen LogP contribution in [0.15, 0.2) is 59.7 Å². The Kier molecular flexibility index (Phi) is 5.03. The zero-order valence-electron chi connectivity index (χ0n) is 17.4. The Morgan fingerprint density at radius 3 is 2.70 bits per heavy atom. The van der Waals surface area contributed by atoms with Crippen LogP contribution in [0.5, 0.6) is 11.5 Å². The molecule has 0 unspecified atom stereocenters. The molecule has 154 valence electrons. The molecule has 2 aromatic carbocycles. The van der Waals surface area contributed by atoms with E-state index in [-0.39, 0.29) is 12.1 Å². The Balaban J connectivity index is 1.76. The molecule has 0 radical (unpaired) electrons. The summed E-state index contributed by atoms with van der Waals surface area (Å²) >= 11 is 1.85. The van der Waals surface area contributed by atoms with Crippen molar-refractivity contribution in [1.82, 2.24) is 9.88 Å². The predicted molar refractivity (Wildman–Crippen MR) is 123 cm³/mol. The van der Waals surface area contributed by atoms with Crippen molar-refractivity contribution in [1.29, 1.82) is 0 Å². The van der Waals surface area contributed by atoms with Crippen LogP contribution in [0.2, 0.25) is 0 Å². The average molecular weight is 420 g/mol. The van der Waals surface area contributed by atoms with Crippen LogP contribution in [-0.4, -0.2) is 41.1 Å². The van der Waals surface area contributed by atoms with Gasteiger partial charge < -0.3 is 14.4 Å². The fourth-order valence-corrected chi connectivity index (χ4v) is 5.91. The Hall–Kier alpha value is -2.73. The van der Waals surface area contributed by atoms with Crippen molar-refractivity contribution in [2.45, 2.75) is 31.5 Å². The van der Waals surface area contributed by atoms with Gasteiger partial charge in [0.2, 0.25) is 0 Å². The molecule has 3 heterocycles. The number of thioether (sulfide) groups is 1. The van der Waals surface area contributed by atoms with Gasteiger partial charge in [-0.05, 0) is 47.5 Å². The van der Waals surface area contributed by atoms with E-state index in [9.17, 15) is 0 Å². The van der Waals surface area contributed by atoms with E-state index in [0.717, 1.165) is 45.5 Å². The lowest BCUT2D eigenvalue weighted by atomic mass is 9.90. The molecule has 30 heavy (non-hydrogen) atoms. The van der Waals surface area contributed by atoms with Crippen molar-refractivity contribution in [3.05, 3.63) is 66.0 Å². The third-order valence-corrected chi connectivity index (χ3v) is 7.20. The second-order valence-corrected chi connectivity index (χ2v) is 8.59. The lowest BCUT2D eigenvalue weighted by Crippen LogP contribution is -2.35. The molecule has 2 aliphatic rings. The lowest BCUT2D eigenvalue weighted by Gasteiger charge is -2.33. The van der Waals surface area contributed by atoms with Gasteiger partial charge in [0.05, 0.1) is 26.0 Å². The molecule has 0 amide bonds. The van der Waals surface area contributed by atoms with Crippen molar-refractivity contribution < 1.29 is 9.47 Å². The van der Waals surface area contributed by atoms with Crippen LogP contribution in [0, 0.1) is 0 Å². The van der Waals surface area contributed by atoms with Gasteiger partial charge in [0, 0.05) is 23.6 Å². The van der Waals surface area contributed by atoms with E-state index < -0.39 is 0 Å². The minimum Gasteiger partial charge on any atom is -0.497 e. The molecule has 0 aliphatic carbocycles. The van der Waals surface area contributed by atoms with Crippen molar-refractivity contribution in [2.75, 3.05) is 20.0 Å². The van der Waals surface area contributed by atoms with Crippen molar-refractivity contribution >= 4 is 27.7 Å². The number of ether oxygens (including phenoxy) is 2. The van der Waals surface area contributed by atoms with Gasteiger partial charge in [-0.2, -0.15) is 0 Å². The summed E-state index contributed by atoms with van der Waals surface area (Å²) in [7, 11) is 3.45. The minimum absolute atomic E-state index is 0.0283. The maximum absolute atomic E-state index is 5.90. The van der Waals surface area contributed by atoms with Crippen LogP contribution in [0.4, 0.5) is 0 Å². The summed E-state index contributed by atoms with van der Waals surface area (Å²) in [5.74, 6) is 2.79. The number of hydrogen-bond acceptors (Lipinski definition) is 6. The van der Waals surface area contributed by atoms with E-state index in [1.165, 1.54) is 5.39 Å². The van der Waals surface area contributed by atoms with Crippen LogP contribution in [0.1, 0.15) is 36.7 Å². The molecule has 1 saturated heterocycles. The van der Waals surface area contributed by atoms with Crippen molar-refractivity contribution in [3.63, 3.8) is 0 Å². The zero-order valence-corrected chi connectivity index (χ0v) is 18.2. The van der Waals surface area contributed by atoms with Gasteiger partial charge in [0.1, 0.15) is 17.5 Å². The molecule has 3 atom stereocenters. The van der Waals surface area contributed by atoms with Gasteiger partial charge in [-0.3, -0.25) is 9.98 Å². The molecule has 2 aliphatic heterocycles. The number of hydrogen-bond donors (Lipinski definition) is 0. The summed E-state index contributed by atoms with van der Waals surface area (Å²) in [6, 6.07) is 16.9. The molecule has 5 rings (SSSR count). The SMILES string of the molecule is CC[C@@H]1CSC2=N[C@H](c3ccccn3)[C@@H](c3c(OC)ccc4ccc(OC)cc34)N21. The first kappa shape index (κ1) is 19.2. The molecule has 0 N–H and O–H groups in total. The number of nitrogens with zero attached hydrogens (tertiary/aromatic N) is 3. The summed E-state index contributed by atoms with van der Waals surface area (Å²) in [5.41, 5.74) is 2.14. The molecule has 0 saturated carbocycles. The fourth-order valence-electron chi connectivity index (χ4n) is 4.58. The highest BCUT2D eigenvalue weighted by Crippen LogP contribution is 2.52. The fraction of sp³-hybridized carbons (Fsp3) is 0.333. The number of rotatable bonds is 5. The second-order valence-electron chi connectivity index (χ2n) is 7.60. The molecule has 0 bridgehead atoms. The molecule has 0 spiro atoms. The smallest absolute Gasteiger partial charge is 0.160 e. The van der Waals surface area contributed by atoms with E-state index in [1.807, 2.05) is 36.2 Å². The summed E-state index contributed by atoms with van der Waals surface area (Å²) in [6.45, 7) is 2.25. The predicted octanol–water partition coefficient (Wildman–Crippen LogP) is 5.23. The van der Waals surface area contributed by atoms with Crippen LogP contribution in [-0.2, 0) is 0 Å². The number of aromatic nitrogens is 1. The standard InChI is InChI=1S/C24H25N3O2S/c1-4-16-14-30-24-26-22(19-7-5-6-12-25-19)23(27(16)24)21-18-13-17(28-2)10-8-15(18)9-11-20(21)29-3/h5-13,16,22-23H,4,14H2,1-3H3/t16-,22-,23-/m1/s1. The summed E-state index contributed by atoms with van der Waals surface area (Å²) < 4.78 is 11.4. The van der Waals surface area contributed by atoms with Crippen LogP contribution in [0.25, 0.3) is 10.8 Å². The first-order valence-corrected chi connectivity index (χ1v) is 11.3. The molecular weight excluding hydrogens is 394 g/mol. The maximum atomic E-state index is 5.90. The number of benzene rings is 2. The highest BCUT2D eigenvalue weighted by atomic mass is 32.2. The van der Waals surface area contributed by atoms with E-state index in [0.29, 0.717) is 6.04 Å². The largest absolute Gasteiger partial charge is 0.497 e. The Morgan fingerprint density at radius 2 is 1.97 bits per heavy atom. The van der Waals surface area contributed by atoms with Gasteiger partial charge in [-0.15, -0.1) is 0 Å². The summed E-state index contributed by atoms with van der Waals surface area (Å²) in [4.78, 5) is 12.3. The zero-order chi connectivity index (χ0) is 20.7. The highest BCUT2D eigenvalue weighted by molar-refractivity contribution is 8.14. The summed E-state index contributed by atoms with van der Waals surface area (Å²) in [5, 5.41) is 3.42. The van der Waals surface area contributed by atoms with Gasteiger partial charge in [-0.25, -0.2) is 0 Å². The van der Waals surface area contributed by atoms with Crippen LogP contribution < -0.4 is 9.47 Å². The number of methoxy groups -OCH3 is 2. The van der Waals surface area contributed by atoms with E-state index in [2.05, 4.69) is 47.1 Å². The first-order chi connectivity index (χ1) is 14.7. The minimum atomic E-state index is -0.0752. The second kappa shape index (κ2) is 7.84. The summed E-state index contributed by atoms with van der Waals surface area (Å²) in [6.07, 6.45) is 2.93. The van der Waals surface area contributed by atoms with Gasteiger partial charge >= 0.3 is 0 Å². The Bertz CT molecular complexity index is 1100. The Morgan fingerprint density at radius 1 is 1.10 bits per heavy atom. The number of amidine groups is 1. The van der Waals surface area contributed by atoms with E-state index >= 15 is 0 Å². The van der Waals surface area contributed by atoms with Gasteiger partial charge in [0.25, 0.3) is 0 Å². The van der Waals surface area contributed by atoms with Crippen molar-refractivity contribution in [2.24, 2.45) is 4.99 Å². The van der Waals surface area contributed by atoms with Crippen LogP contribution in [0.3, 0.4) is 0 Å². The third kappa shape index (κ3) is 3.01. The lowest BCUT2D eigenvalue weighted by molar-refractivity contribution is 0.250. The average Bonchev–Trinajstić information content (AvgIpc) is 3.37. The number of pyridine rings is 1. The highest BCUT2D eigenvalue weighted by Gasteiger charge is 2.47. The normalized spacial score (nSPS) is 22.8. The molecular formula is C24H25N3O2S. The number of fused-ring (bicyclic) bond motifs is 2. The van der Waals surface area contributed by atoms with E-state index in [4.69, 9.17) is 14.5 Å². The molecule has 6 heteroatoms. The maximum Gasteiger partial charge on any atom is 0.160 e. The monoisotopic (exact) mass is 419 g/mol. The number of aliphatic imine (C=N–C) groups is 1. The third-order valence-electron chi connectivity index (χ3n) is 6.08. The molecule has 3 aromatic rings. The molecule has 1 fully saturated rings. The molecule has 5 nitrogen and oxygen atoms in total. The van der Waals surface area contributed by atoms with E-state index in [1.54, 1.807) is 14.2 Å². The topological polar surface area (TPSA) is 47.0 Å². The van der Waals surface area contributed by atoms with Crippen molar-refractivity contribution in [3.8, 4) is 11.5 Å². The quantitative estimate of drug-likeness (QED) is 0.567. The molecule has 1 aromatic heterocycles. The van der Waals surface area contributed by atoms with Gasteiger partial charge in [0.15, 0.2) is 5.17 Å². The van der Waals surface area contributed by atoms with Gasteiger partial charge in [-0.1, -0.05) is 36.9 Å². The Labute approximate surface area is 181 Å². The van der Waals surface area contributed by atoms with Crippen LogP contribution >= 0.6 is 11.8 Å². The first-order valence-electron chi connectivity index (χ1n) is 10.3.